The van der Waals surface area contributed by atoms with E-state index in [-0.39, 0.29) is 0 Å². The summed E-state index contributed by atoms with van der Waals surface area (Å²) < 4.78 is 0. The molecule has 0 bridgehead atoms. The summed E-state index contributed by atoms with van der Waals surface area (Å²) in [5.74, 6) is 1.51. The van der Waals surface area contributed by atoms with E-state index in [1.807, 2.05) is 18.4 Å². The average Bonchev–Trinajstić information content (AvgIpc) is 3.43. The summed E-state index contributed by atoms with van der Waals surface area (Å²) in [4.78, 5) is 11.8. The van der Waals surface area contributed by atoms with Crippen LogP contribution in [0, 0.1) is 5.92 Å². The summed E-state index contributed by atoms with van der Waals surface area (Å²) in [6, 6.07) is 13.5. The quantitative estimate of drug-likeness (QED) is 0.300. The molecule has 1 saturated heterocycles. The molecular weight excluding hydrogens is 390 g/mol. The number of aryl methyl sites for hydroxylation is 1. The first-order valence-electron chi connectivity index (χ1n) is 11.0. The lowest BCUT2D eigenvalue weighted by atomic mass is 9.88. The maximum atomic E-state index is 4.44. The van der Waals surface area contributed by atoms with Crippen molar-refractivity contribution in [2.45, 2.75) is 31.7 Å². The third-order valence-electron chi connectivity index (χ3n) is 6.19. The molecule has 4 rings (SSSR count). The number of nitrogens with one attached hydrogen (secondary N) is 3. The molecule has 0 spiro atoms. The van der Waals surface area contributed by atoms with Crippen LogP contribution in [0.3, 0.4) is 0 Å². The molecule has 2 atom stereocenters. The molecule has 160 valence electrons. The van der Waals surface area contributed by atoms with Crippen LogP contribution in [0.2, 0.25) is 0 Å². The Morgan fingerprint density at radius 3 is 2.97 bits per heavy atom. The van der Waals surface area contributed by atoms with Gasteiger partial charge >= 0.3 is 0 Å². The predicted octanol–water partition coefficient (Wildman–Crippen LogP) is 4.41. The Morgan fingerprint density at radius 1 is 1.23 bits per heavy atom. The minimum atomic E-state index is 0.506. The Bertz CT molecular complexity index is 946. The summed E-state index contributed by atoms with van der Waals surface area (Å²) in [6.45, 7) is 3.05. The number of H-pyrrole nitrogens is 1. The molecule has 3 heterocycles. The van der Waals surface area contributed by atoms with Crippen LogP contribution in [0.1, 0.15) is 35.7 Å². The predicted molar refractivity (Wildman–Crippen MR) is 128 cm³/mol. The minimum Gasteiger partial charge on any atom is -0.361 e. The van der Waals surface area contributed by atoms with Crippen LogP contribution >= 0.6 is 11.3 Å². The zero-order valence-electron chi connectivity index (χ0n) is 18.0. The van der Waals surface area contributed by atoms with E-state index in [1.165, 1.54) is 40.7 Å². The van der Waals surface area contributed by atoms with Gasteiger partial charge in [0.05, 0.1) is 0 Å². The maximum absolute atomic E-state index is 4.44. The highest BCUT2D eigenvalue weighted by Crippen LogP contribution is 2.36. The number of benzene rings is 1. The minimum absolute atomic E-state index is 0.506. The van der Waals surface area contributed by atoms with E-state index in [4.69, 9.17) is 0 Å². The zero-order chi connectivity index (χ0) is 20.8. The Kier molecular flexibility index (Phi) is 7.07. The van der Waals surface area contributed by atoms with Crippen LogP contribution in [-0.2, 0) is 6.42 Å². The van der Waals surface area contributed by atoms with Gasteiger partial charge in [-0.15, -0.1) is 11.3 Å². The molecule has 2 aromatic heterocycles. The second kappa shape index (κ2) is 10.1. The number of fused-ring (bicyclic) bond motifs is 1. The molecule has 0 saturated carbocycles. The molecule has 3 N–H and O–H groups in total. The number of thiophene rings is 1. The van der Waals surface area contributed by atoms with Gasteiger partial charge in [-0.25, -0.2) is 0 Å². The van der Waals surface area contributed by atoms with E-state index in [1.54, 1.807) is 0 Å². The number of guanidine groups is 1. The zero-order valence-corrected chi connectivity index (χ0v) is 18.8. The lowest BCUT2D eigenvalue weighted by molar-refractivity contribution is 0.125. The fraction of sp³-hybridized carbons (Fsp3) is 0.458. The first kappa shape index (κ1) is 20.9. The van der Waals surface area contributed by atoms with Gasteiger partial charge in [0.25, 0.3) is 0 Å². The van der Waals surface area contributed by atoms with E-state index in [0.717, 1.165) is 31.9 Å². The van der Waals surface area contributed by atoms with Gasteiger partial charge in [-0.05, 0) is 68.3 Å². The van der Waals surface area contributed by atoms with Gasteiger partial charge in [0.2, 0.25) is 0 Å². The van der Waals surface area contributed by atoms with Gasteiger partial charge in [0.15, 0.2) is 5.96 Å². The van der Waals surface area contributed by atoms with Gasteiger partial charge in [0.1, 0.15) is 0 Å². The van der Waals surface area contributed by atoms with Crippen molar-refractivity contribution in [3.05, 3.63) is 58.4 Å². The number of aromatic nitrogens is 1. The molecule has 5 nitrogen and oxygen atoms in total. The molecule has 1 aromatic carbocycles. The highest BCUT2D eigenvalue weighted by Gasteiger charge is 2.31. The molecule has 1 aliphatic heterocycles. The number of rotatable bonds is 7. The second-order valence-electron chi connectivity index (χ2n) is 8.19. The van der Waals surface area contributed by atoms with Crippen molar-refractivity contribution in [1.82, 2.24) is 20.5 Å². The SMILES string of the molecule is CN=C(NCCCc1c[nH]c2ccccc12)NCC1CCCN(C)C1c1cccs1. The Morgan fingerprint density at radius 2 is 2.13 bits per heavy atom. The van der Waals surface area contributed by atoms with Gasteiger partial charge in [-0.1, -0.05) is 24.3 Å². The molecule has 0 aliphatic carbocycles. The van der Waals surface area contributed by atoms with E-state index >= 15 is 0 Å². The number of likely N-dealkylation sites (tertiary alicyclic amines) is 1. The normalized spacial score (nSPS) is 20.5. The molecule has 1 aliphatic rings. The molecule has 3 aromatic rings. The Hall–Kier alpha value is -2.31. The van der Waals surface area contributed by atoms with Crippen molar-refractivity contribution in [2.24, 2.45) is 10.9 Å². The van der Waals surface area contributed by atoms with Gasteiger partial charge in [0, 0.05) is 48.2 Å². The molecular formula is C24H33N5S. The van der Waals surface area contributed by atoms with Crippen molar-refractivity contribution in [1.29, 1.82) is 0 Å². The fourth-order valence-electron chi connectivity index (χ4n) is 4.65. The van der Waals surface area contributed by atoms with E-state index in [2.05, 4.69) is 80.5 Å². The third-order valence-corrected chi connectivity index (χ3v) is 7.13. The first-order chi connectivity index (χ1) is 14.8. The summed E-state index contributed by atoms with van der Waals surface area (Å²) >= 11 is 1.88. The van der Waals surface area contributed by atoms with Crippen LogP contribution in [0.25, 0.3) is 10.9 Å². The van der Waals surface area contributed by atoms with E-state index < -0.39 is 0 Å². The number of hydrogen-bond donors (Lipinski definition) is 3. The smallest absolute Gasteiger partial charge is 0.190 e. The van der Waals surface area contributed by atoms with Gasteiger partial charge in [-0.3, -0.25) is 9.89 Å². The number of aromatic amines is 1. The van der Waals surface area contributed by atoms with Crippen LogP contribution in [-0.4, -0.2) is 49.6 Å². The number of nitrogens with zero attached hydrogens (tertiary/aromatic N) is 2. The number of aliphatic imine (C=N–C) groups is 1. The maximum Gasteiger partial charge on any atom is 0.190 e. The van der Waals surface area contributed by atoms with Crippen molar-refractivity contribution in [2.75, 3.05) is 33.7 Å². The highest BCUT2D eigenvalue weighted by atomic mass is 32.1. The van der Waals surface area contributed by atoms with Crippen molar-refractivity contribution in [3.63, 3.8) is 0 Å². The molecule has 2 unspecified atom stereocenters. The topological polar surface area (TPSA) is 55.5 Å². The second-order valence-corrected chi connectivity index (χ2v) is 9.17. The molecule has 6 heteroatoms. The monoisotopic (exact) mass is 423 g/mol. The molecule has 0 radical (unpaired) electrons. The Labute approximate surface area is 183 Å². The largest absolute Gasteiger partial charge is 0.361 e. The number of hydrogen-bond acceptors (Lipinski definition) is 3. The van der Waals surface area contributed by atoms with Crippen LogP contribution in [0.15, 0.2) is 53.0 Å². The summed E-state index contributed by atoms with van der Waals surface area (Å²) in [5, 5.41) is 10.6. The van der Waals surface area contributed by atoms with Gasteiger partial charge in [-0.2, -0.15) is 0 Å². The Balaban J connectivity index is 1.25. The van der Waals surface area contributed by atoms with Crippen LogP contribution in [0.4, 0.5) is 0 Å². The standard InChI is InChI=1S/C24H33N5S/c1-25-24(26-13-5-8-18-16-27-21-11-4-3-10-20(18)21)28-17-19-9-6-14-29(2)23(19)22-12-7-15-30-22/h3-4,7,10-12,15-16,19,23,27H,5-6,8-9,13-14,17H2,1-2H3,(H2,25,26,28). The van der Waals surface area contributed by atoms with E-state index in [9.17, 15) is 0 Å². The van der Waals surface area contributed by atoms with Crippen LogP contribution < -0.4 is 10.6 Å². The summed E-state index contributed by atoms with van der Waals surface area (Å²) in [7, 11) is 4.12. The highest BCUT2D eigenvalue weighted by molar-refractivity contribution is 7.10. The lowest BCUT2D eigenvalue weighted by Crippen LogP contribution is -2.45. The number of para-hydroxylation sites is 1. The average molecular weight is 424 g/mol. The fourth-order valence-corrected chi connectivity index (χ4v) is 5.64. The first-order valence-corrected chi connectivity index (χ1v) is 11.9. The van der Waals surface area contributed by atoms with E-state index in [0.29, 0.717) is 12.0 Å². The molecule has 0 amide bonds. The van der Waals surface area contributed by atoms with Crippen molar-refractivity contribution < 1.29 is 0 Å². The van der Waals surface area contributed by atoms with Gasteiger partial charge < -0.3 is 15.6 Å². The van der Waals surface area contributed by atoms with Crippen molar-refractivity contribution >= 4 is 28.2 Å². The summed E-state index contributed by atoms with van der Waals surface area (Å²) in [5.41, 5.74) is 2.61. The van der Waals surface area contributed by atoms with Crippen LogP contribution in [0.5, 0.6) is 0 Å². The summed E-state index contributed by atoms with van der Waals surface area (Å²) in [6.07, 6.45) is 6.80. The number of piperidine rings is 1. The van der Waals surface area contributed by atoms with Crippen molar-refractivity contribution in [3.8, 4) is 0 Å². The molecule has 30 heavy (non-hydrogen) atoms. The lowest BCUT2D eigenvalue weighted by Gasteiger charge is -2.39. The third kappa shape index (κ3) is 4.87. The molecule has 1 fully saturated rings.